The molecule has 1 aliphatic carbocycles. The highest BCUT2D eigenvalue weighted by atomic mass is 19.3. The molecule has 1 nitrogen and oxygen atoms in total. The van der Waals surface area contributed by atoms with Gasteiger partial charge < -0.3 is 5.73 Å². The molecule has 0 radical (unpaired) electrons. The second-order valence-electron chi connectivity index (χ2n) is 3.72. The lowest BCUT2D eigenvalue weighted by Gasteiger charge is -2.30. The molecule has 0 aromatic carbocycles. The van der Waals surface area contributed by atoms with E-state index < -0.39 is 12.5 Å². The number of nitrogens with two attached hydrogens (primary N) is 1. The zero-order valence-electron chi connectivity index (χ0n) is 6.82. The van der Waals surface area contributed by atoms with E-state index in [1.165, 1.54) is 0 Å². The number of hydrogen-bond donors (Lipinski definition) is 1. The number of halogens is 2. The summed E-state index contributed by atoms with van der Waals surface area (Å²) in [7, 11) is 0. The predicted octanol–water partition coefficient (Wildman–Crippen LogP) is 2.16. The maximum Gasteiger partial charge on any atom is 0.254 e. The Kier molecular flexibility index (Phi) is 2.47. The van der Waals surface area contributed by atoms with Crippen LogP contribution in [0.4, 0.5) is 8.78 Å². The molecule has 1 fully saturated rings. The maximum absolute atomic E-state index is 12.2. The van der Waals surface area contributed by atoms with Gasteiger partial charge in [0, 0.05) is 0 Å². The molecule has 1 atom stereocenters. The molecule has 1 saturated carbocycles. The Bertz CT molecular complexity index is 130. The summed E-state index contributed by atoms with van der Waals surface area (Å²) in [5.74, 6) is 0. The van der Waals surface area contributed by atoms with Crippen molar-refractivity contribution in [2.24, 2.45) is 11.1 Å². The molecular weight excluding hydrogens is 148 g/mol. The van der Waals surface area contributed by atoms with Gasteiger partial charge in [-0.3, -0.25) is 0 Å². The minimum absolute atomic E-state index is 0.297. The standard InChI is InChI=1S/C8H15F2N/c1-8(4-2-3-5-8)6(11)7(9)10/h6-7H,2-5,11H2,1H3. The van der Waals surface area contributed by atoms with E-state index in [0.717, 1.165) is 25.7 Å². The Morgan fingerprint density at radius 2 is 1.73 bits per heavy atom. The Labute approximate surface area is 66.0 Å². The van der Waals surface area contributed by atoms with Gasteiger partial charge in [-0.05, 0) is 18.3 Å². The number of hydrogen-bond acceptors (Lipinski definition) is 1. The first-order chi connectivity index (χ1) is 5.06. The van der Waals surface area contributed by atoms with Crippen LogP contribution < -0.4 is 5.73 Å². The van der Waals surface area contributed by atoms with Crippen molar-refractivity contribution in [2.75, 3.05) is 0 Å². The second-order valence-corrected chi connectivity index (χ2v) is 3.72. The summed E-state index contributed by atoms with van der Waals surface area (Å²) in [6.45, 7) is 1.87. The normalized spacial score (nSPS) is 25.9. The first-order valence-corrected chi connectivity index (χ1v) is 4.10. The molecular formula is C8H15F2N. The molecule has 1 aliphatic rings. The van der Waals surface area contributed by atoms with Crippen molar-refractivity contribution in [3.05, 3.63) is 0 Å². The van der Waals surface area contributed by atoms with Gasteiger partial charge in [0.1, 0.15) is 0 Å². The molecule has 0 amide bonds. The highest BCUT2D eigenvalue weighted by Crippen LogP contribution is 2.41. The largest absolute Gasteiger partial charge is 0.322 e. The minimum Gasteiger partial charge on any atom is -0.322 e. The number of alkyl halides is 2. The molecule has 1 rings (SSSR count). The van der Waals surface area contributed by atoms with E-state index in [1.807, 2.05) is 6.92 Å². The molecule has 2 N–H and O–H groups in total. The van der Waals surface area contributed by atoms with Crippen molar-refractivity contribution < 1.29 is 8.78 Å². The predicted molar refractivity (Wildman–Crippen MR) is 40.6 cm³/mol. The van der Waals surface area contributed by atoms with Crippen molar-refractivity contribution in [1.82, 2.24) is 0 Å². The molecule has 0 saturated heterocycles. The fraction of sp³-hybridized carbons (Fsp3) is 1.00. The van der Waals surface area contributed by atoms with E-state index in [9.17, 15) is 8.78 Å². The number of rotatable bonds is 2. The van der Waals surface area contributed by atoms with Crippen LogP contribution in [0.15, 0.2) is 0 Å². The summed E-state index contributed by atoms with van der Waals surface area (Å²) >= 11 is 0. The molecule has 0 aromatic rings. The van der Waals surface area contributed by atoms with Gasteiger partial charge in [-0.15, -0.1) is 0 Å². The molecule has 0 bridgehead atoms. The van der Waals surface area contributed by atoms with Gasteiger partial charge in [-0.25, -0.2) is 8.78 Å². The summed E-state index contributed by atoms with van der Waals surface area (Å²) < 4.78 is 24.4. The first-order valence-electron chi connectivity index (χ1n) is 4.10. The van der Waals surface area contributed by atoms with Crippen LogP contribution in [0.1, 0.15) is 32.6 Å². The van der Waals surface area contributed by atoms with Crippen LogP contribution in [0.5, 0.6) is 0 Å². The van der Waals surface area contributed by atoms with Gasteiger partial charge >= 0.3 is 0 Å². The SMILES string of the molecule is CC1(C(N)C(F)F)CCCC1. The lowest BCUT2D eigenvalue weighted by molar-refractivity contribution is 0.0531. The van der Waals surface area contributed by atoms with E-state index in [0.29, 0.717) is 0 Å². The quantitative estimate of drug-likeness (QED) is 0.663. The third-order valence-corrected chi connectivity index (χ3v) is 2.82. The summed E-state index contributed by atoms with van der Waals surface area (Å²) in [6, 6.07) is -0.926. The molecule has 0 spiro atoms. The summed E-state index contributed by atoms with van der Waals surface area (Å²) in [6.07, 6.45) is 1.46. The average molecular weight is 163 g/mol. The van der Waals surface area contributed by atoms with Gasteiger partial charge in [-0.2, -0.15) is 0 Å². The third kappa shape index (κ3) is 1.70. The van der Waals surface area contributed by atoms with Crippen LogP contribution in [0.2, 0.25) is 0 Å². The van der Waals surface area contributed by atoms with Gasteiger partial charge in [0.05, 0.1) is 6.04 Å². The van der Waals surface area contributed by atoms with Crippen molar-refractivity contribution >= 4 is 0 Å². The fourth-order valence-electron chi connectivity index (χ4n) is 1.82. The van der Waals surface area contributed by atoms with Gasteiger partial charge in [-0.1, -0.05) is 19.8 Å². The summed E-state index contributed by atoms with van der Waals surface area (Å²) in [5, 5.41) is 0. The van der Waals surface area contributed by atoms with Crippen molar-refractivity contribution in [2.45, 2.75) is 45.1 Å². The van der Waals surface area contributed by atoms with Gasteiger partial charge in [0.25, 0.3) is 6.43 Å². The molecule has 11 heavy (non-hydrogen) atoms. The summed E-state index contributed by atoms with van der Waals surface area (Å²) in [5.41, 5.74) is 5.11. The lowest BCUT2D eigenvalue weighted by atomic mass is 9.81. The molecule has 1 unspecified atom stereocenters. The minimum atomic E-state index is -2.36. The smallest absolute Gasteiger partial charge is 0.254 e. The topological polar surface area (TPSA) is 26.0 Å². The Hall–Kier alpha value is -0.180. The van der Waals surface area contributed by atoms with Crippen molar-refractivity contribution in [3.8, 4) is 0 Å². The summed E-state index contributed by atoms with van der Waals surface area (Å²) in [4.78, 5) is 0. The molecule has 66 valence electrons. The van der Waals surface area contributed by atoms with Gasteiger partial charge in [0.15, 0.2) is 0 Å². The van der Waals surface area contributed by atoms with Gasteiger partial charge in [0.2, 0.25) is 0 Å². The molecule has 0 aromatic heterocycles. The second kappa shape index (κ2) is 3.05. The van der Waals surface area contributed by atoms with Crippen LogP contribution in [0.3, 0.4) is 0 Å². The lowest BCUT2D eigenvalue weighted by Crippen LogP contribution is -2.43. The van der Waals surface area contributed by atoms with E-state index in [2.05, 4.69) is 0 Å². The fourth-order valence-corrected chi connectivity index (χ4v) is 1.82. The monoisotopic (exact) mass is 163 g/mol. The Balaban J connectivity index is 2.56. The zero-order valence-corrected chi connectivity index (χ0v) is 6.82. The van der Waals surface area contributed by atoms with E-state index in [1.54, 1.807) is 0 Å². The first kappa shape index (κ1) is 8.91. The molecule has 3 heteroatoms. The maximum atomic E-state index is 12.2. The van der Waals surface area contributed by atoms with E-state index in [-0.39, 0.29) is 5.41 Å². The van der Waals surface area contributed by atoms with Crippen LogP contribution in [-0.2, 0) is 0 Å². The van der Waals surface area contributed by atoms with Crippen molar-refractivity contribution in [1.29, 1.82) is 0 Å². The average Bonchev–Trinajstić information content (AvgIpc) is 2.35. The van der Waals surface area contributed by atoms with Crippen LogP contribution in [-0.4, -0.2) is 12.5 Å². The Morgan fingerprint density at radius 3 is 2.09 bits per heavy atom. The Morgan fingerprint density at radius 1 is 1.27 bits per heavy atom. The molecule has 0 aliphatic heterocycles. The highest BCUT2D eigenvalue weighted by molar-refractivity contribution is 4.90. The molecule has 0 heterocycles. The highest BCUT2D eigenvalue weighted by Gasteiger charge is 2.39. The van der Waals surface area contributed by atoms with E-state index in [4.69, 9.17) is 5.73 Å². The van der Waals surface area contributed by atoms with Crippen molar-refractivity contribution in [3.63, 3.8) is 0 Å². The third-order valence-electron chi connectivity index (χ3n) is 2.82. The van der Waals surface area contributed by atoms with Crippen LogP contribution >= 0.6 is 0 Å². The van der Waals surface area contributed by atoms with Crippen LogP contribution in [0.25, 0.3) is 0 Å². The van der Waals surface area contributed by atoms with E-state index >= 15 is 0 Å². The van der Waals surface area contributed by atoms with Crippen LogP contribution in [0, 0.1) is 5.41 Å². The zero-order chi connectivity index (χ0) is 8.48.